The predicted molar refractivity (Wildman–Crippen MR) is 222 cm³/mol. The maximum absolute atomic E-state index is 11.7. The van der Waals surface area contributed by atoms with Crippen LogP contribution in [0.4, 0.5) is 0 Å². The molecule has 0 saturated heterocycles. The molecule has 1 spiro atoms. The number of aryl methyl sites for hydroxylation is 2. The van der Waals surface area contributed by atoms with Crippen molar-refractivity contribution in [1.82, 2.24) is 4.98 Å². The van der Waals surface area contributed by atoms with Crippen LogP contribution in [0.5, 0.6) is 0 Å². The van der Waals surface area contributed by atoms with Crippen LogP contribution in [0.25, 0.3) is 32.8 Å². The third-order valence-electron chi connectivity index (χ3n) is 12.5. The molecule has 4 aromatic rings. The van der Waals surface area contributed by atoms with Gasteiger partial charge >= 0.3 is 0 Å². The molecule has 6 rings (SSSR count). The summed E-state index contributed by atoms with van der Waals surface area (Å²) in [6.45, 7) is 22.4. The van der Waals surface area contributed by atoms with E-state index >= 15 is 0 Å². The number of aromatic nitrogens is 1. The number of allylic oxidation sites excluding steroid dienone is 2. The number of nitrogens with zero attached hydrogens (tertiary/aromatic N) is 1. The molecule has 1 aromatic heterocycles. The molecule has 2 aliphatic rings. The van der Waals surface area contributed by atoms with Crippen molar-refractivity contribution < 1.29 is 30.0 Å². The number of benzene rings is 3. The number of rotatable bonds is 9. The van der Waals surface area contributed by atoms with Crippen molar-refractivity contribution in [2.24, 2.45) is 28.1 Å². The Labute approximate surface area is 335 Å². The summed E-state index contributed by atoms with van der Waals surface area (Å²) in [5.41, 5.74) is 7.58. The van der Waals surface area contributed by atoms with Crippen molar-refractivity contribution in [3.63, 3.8) is 0 Å². The van der Waals surface area contributed by atoms with Crippen LogP contribution >= 0.6 is 0 Å². The van der Waals surface area contributed by atoms with Gasteiger partial charge in [0.25, 0.3) is 0 Å². The topological polar surface area (TPSA) is 50.2 Å². The van der Waals surface area contributed by atoms with Crippen molar-refractivity contribution in [1.29, 1.82) is 0 Å². The van der Waals surface area contributed by atoms with Gasteiger partial charge in [-0.25, -0.2) is 0 Å². The average molecular weight is 893 g/mol. The van der Waals surface area contributed by atoms with E-state index in [1.807, 2.05) is 33.9 Å². The molecule has 2 aliphatic carbocycles. The molecule has 0 bridgehead atoms. The Morgan fingerprint density at radius 1 is 0.811 bits per heavy atom. The maximum atomic E-state index is 11.7. The molecular weight excluding hydrogens is 827 g/mol. The number of aliphatic hydroxyl groups excluding tert-OH is 1. The van der Waals surface area contributed by atoms with Gasteiger partial charge in [-0.3, -0.25) is 4.79 Å². The summed E-state index contributed by atoms with van der Waals surface area (Å²) in [6.07, 6.45) is 16.5. The quantitative estimate of drug-likeness (QED) is 0.0788. The molecule has 2 saturated carbocycles. The third kappa shape index (κ3) is 10.1. The van der Waals surface area contributed by atoms with Gasteiger partial charge < -0.3 is 10.1 Å². The molecule has 3 nitrogen and oxygen atoms in total. The predicted octanol–water partition coefficient (Wildman–Crippen LogP) is 14.2. The fourth-order valence-electron chi connectivity index (χ4n) is 10.8. The number of hydrogen-bond acceptors (Lipinski definition) is 3. The Bertz CT molecular complexity index is 1850. The minimum atomic E-state index is 0. The fraction of sp³-hybridized carbons (Fsp3) is 0.551. The van der Waals surface area contributed by atoms with Gasteiger partial charge in [-0.2, -0.15) is 0 Å². The van der Waals surface area contributed by atoms with Gasteiger partial charge in [-0.15, -0.1) is 34.9 Å². The van der Waals surface area contributed by atoms with Gasteiger partial charge in [0.05, 0.1) is 5.76 Å². The van der Waals surface area contributed by atoms with Crippen LogP contribution < -0.4 is 0 Å². The molecule has 53 heavy (non-hydrogen) atoms. The smallest absolute Gasteiger partial charge is 0.162 e. The van der Waals surface area contributed by atoms with Crippen LogP contribution in [0.15, 0.2) is 66.6 Å². The molecule has 4 heteroatoms. The monoisotopic (exact) mass is 893 g/mol. The maximum Gasteiger partial charge on any atom is 0.162 e. The Morgan fingerprint density at radius 2 is 1.40 bits per heavy atom. The second kappa shape index (κ2) is 17.8. The Hall–Kier alpha value is -2.81. The average Bonchev–Trinajstić information content (AvgIpc) is 3.07. The van der Waals surface area contributed by atoms with Gasteiger partial charge in [0.2, 0.25) is 0 Å². The molecule has 0 atom stereocenters. The normalized spacial score (nSPS) is 18.2. The second-order valence-corrected chi connectivity index (χ2v) is 18.1. The first kappa shape index (κ1) is 42.9. The minimum absolute atomic E-state index is 0. The molecule has 1 heterocycles. The van der Waals surface area contributed by atoms with Gasteiger partial charge in [0.1, 0.15) is 0 Å². The molecule has 1 N–H and O–H groups in total. The number of hydrogen-bond donors (Lipinski definition) is 1. The molecule has 0 aliphatic heterocycles. The summed E-state index contributed by atoms with van der Waals surface area (Å²) in [6, 6.07) is 21.8. The van der Waals surface area contributed by atoms with E-state index in [0.717, 1.165) is 42.5 Å². The van der Waals surface area contributed by atoms with E-state index in [0.29, 0.717) is 22.2 Å². The summed E-state index contributed by atoms with van der Waals surface area (Å²) >= 11 is 0. The SMILES string of the molecule is CCC(CC)C(=O)/C=C(\O)C(CC)CC.Cc1[c-]c(-c2nccc3c2ccc2c(C4CCC5(CC4)CC(C)(C)CC(C)(C)C5)cccc23)cc(C)c1.[Ir]. The zero-order valence-electron chi connectivity index (χ0n) is 34.4. The number of pyridine rings is 1. The first-order valence-corrected chi connectivity index (χ1v) is 20.4. The molecule has 0 unspecified atom stereocenters. The number of ketones is 1. The van der Waals surface area contributed by atoms with Crippen molar-refractivity contribution in [2.75, 3.05) is 0 Å². The van der Waals surface area contributed by atoms with Crippen LogP contribution in [0.3, 0.4) is 0 Å². The Morgan fingerprint density at radius 3 is 1.98 bits per heavy atom. The van der Waals surface area contributed by atoms with Crippen molar-refractivity contribution in [3.8, 4) is 11.3 Å². The summed E-state index contributed by atoms with van der Waals surface area (Å²) in [5, 5.41) is 15.1. The van der Waals surface area contributed by atoms with Gasteiger partial charge in [0.15, 0.2) is 5.78 Å². The first-order chi connectivity index (χ1) is 24.6. The molecule has 2 fully saturated rings. The van der Waals surface area contributed by atoms with Crippen molar-refractivity contribution in [3.05, 3.63) is 89.3 Å². The zero-order valence-corrected chi connectivity index (χ0v) is 36.8. The fourth-order valence-corrected chi connectivity index (χ4v) is 10.8. The zero-order chi connectivity index (χ0) is 37.8. The van der Waals surface area contributed by atoms with E-state index in [-0.39, 0.29) is 43.5 Å². The van der Waals surface area contributed by atoms with Gasteiger partial charge in [-0.05, 0) is 132 Å². The minimum Gasteiger partial charge on any atom is -0.512 e. The third-order valence-corrected chi connectivity index (χ3v) is 12.5. The van der Waals surface area contributed by atoms with E-state index in [1.54, 1.807) is 5.56 Å². The second-order valence-electron chi connectivity index (χ2n) is 18.1. The largest absolute Gasteiger partial charge is 0.512 e. The number of carbonyl (C=O) groups excluding carboxylic acids is 1. The van der Waals surface area contributed by atoms with E-state index < -0.39 is 0 Å². The molecular formula is C49H66IrNO2-. The summed E-state index contributed by atoms with van der Waals surface area (Å²) in [5.74, 6) is 1.21. The molecule has 289 valence electrons. The van der Waals surface area contributed by atoms with Crippen LogP contribution in [-0.4, -0.2) is 15.9 Å². The first-order valence-electron chi connectivity index (χ1n) is 20.4. The van der Waals surface area contributed by atoms with Crippen LogP contribution in [0.2, 0.25) is 0 Å². The van der Waals surface area contributed by atoms with E-state index in [9.17, 15) is 9.90 Å². The van der Waals surface area contributed by atoms with Crippen LogP contribution in [-0.2, 0) is 24.9 Å². The molecule has 1 radical (unpaired) electrons. The van der Waals surface area contributed by atoms with Crippen molar-refractivity contribution in [2.45, 2.75) is 146 Å². The van der Waals surface area contributed by atoms with Gasteiger partial charge in [-0.1, -0.05) is 99.6 Å². The molecule has 3 aromatic carbocycles. The van der Waals surface area contributed by atoms with E-state index in [2.05, 4.69) is 96.1 Å². The summed E-state index contributed by atoms with van der Waals surface area (Å²) in [7, 11) is 0. The number of aliphatic hydroxyl groups is 1. The van der Waals surface area contributed by atoms with Crippen LogP contribution in [0.1, 0.15) is 149 Å². The summed E-state index contributed by atoms with van der Waals surface area (Å²) in [4.78, 5) is 16.5. The van der Waals surface area contributed by atoms with E-state index in [4.69, 9.17) is 4.98 Å². The Kier molecular flexibility index (Phi) is 14.4. The standard InChI is InChI=1S/C36H42N.C13H24O2.Ir/c1-24-18-25(2)20-27(19-24)33-32-11-10-30-28(8-7-9-29(30)31(32)14-17-37-33)26-12-15-36(16-13-26)22-34(3,4)21-35(5,6)23-36;1-5-10(6-2)12(14)9-13(15)11(7-3)8-4;/h7-11,14,17-19,26H,12-13,15-16,21-23H2,1-6H3;9-11,14H,5-8H2,1-4H3;/q-1;;/b;12-9-;. The number of fused-ring (bicyclic) bond motifs is 3. The van der Waals surface area contributed by atoms with E-state index in [1.165, 1.54) is 78.1 Å². The number of carbonyl (C=O) groups is 1. The summed E-state index contributed by atoms with van der Waals surface area (Å²) < 4.78 is 0. The van der Waals surface area contributed by atoms with Gasteiger partial charge in [0, 0.05) is 44.2 Å². The van der Waals surface area contributed by atoms with Crippen molar-refractivity contribution >= 4 is 27.3 Å². The van der Waals surface area contributed by atoms with Crippen LogP contribution in [0, 0.1) is 48.0 Å². The molecule has 0 amide bonds. The Balaban J connectivity index is 0.000000335.